The molecule has 19 nitrogen and oxygen atoms in total. The van der Waals surface area contributed by atoms with Crippen LogP contribution in [-0.2, 0) is 33.2 Å². The van der Waals surface area contributed by atoms with Crippen molar-refractivity contribution in [1.29, 1.82) is 0 Å². The van der Waals surface area contributed by atoms with Crippen LogP contribution < -0.4 is 5.32 Å². The number of aliphatic hydroxyl groups excluding tert-OH is 11. The summed E-state index contributed by atoms with van der Waals surface area (Å²) in [5, 5.41) is 121. The third-order valence-corrected chi connectivity index (χ3v) is 21.2. The largest absolute Gasteiger partial charge is 0.394 e. The van der Waals surface area contributed by atoms with Crippen LogP contribution in [0.5, 0.6) is 0 Å². The first-order valence-electron chi connectivity index (χ1n) is 42.2. The Bertz CT molecular complexity index is 1980. The van der Waals surface area contributed by atoms with Crippen molar-refractivity contribution in [2.45, 2.75) is 458 Å². The number of hydrogen-bond acceptors (Lipinski definition) is 18. The minimum atomic E-state index is -1.98. The van der Waals surface area contributed by atoms with Gasteiger partial charge in [0.15, 0.2) is 18.9 Å². The van der Waals surface area contributed by atoms with Crippen LogP contribution in [0.15, 0.2) is 36.5 Å². The molecule has 3 aliphatic heterocycles. The van der Waals surface area contributed by atoms with E-state index < -0.39 is 124 Å². The van der Waals surface area contributed by atoms with Gasteiger partial charge in [-0.3, -0.25) is 4.79 Å². The second kappa shape index (κ2) is 63.9. The first-order valence-corrected chi connectivity index (χ1v) is 42.2. The summed E-state index contributed by atoms with van der Waals surface area (Å²) in [5.41, 5.74) is 0. The number of nitrogens with one attached hydrogen (secondary N) is 1. The summed E-state index contributed by atoms with van der Waals surface area (Å²) in [5.74, 6) is -0.282. The van der Waals surface area contributed by atoms with Crippen LogP contribution >= 0.6 is 0 Å². The standard InChI is InChI=1S/C83H155NO18/c1-3-5-7-9-11-13-15-17-19-21-23-25-27-28-29-30-31-32-33-34-35-36-37-38-39-41-43-45-47-49-51-53-55-57-59-61-71(89)84-66(67(88)60-58-56-54-52-50-48-46-44-42-40-26-24-22-20-18-16-14-12-10-8-6-4-2)65-97-81-77(95)74(92)79(69(63-86)99-81)102-83-78(96)75(93)80(70(64-87)100-83)101-82-76(94)73(91)72(90)68(62-85)98-82/h42,44,50,52,58,60,66-70,72-83,85-88,90-96H,3-41,43,45-49,51,53-57,59,61-65H2,1-2H3,(H,84,89)/b44-42+,52-50+,60-58+. The molecule has 0 aromatic heterocycles. The Hall–Kier alpha value is -1.99. The lowest BCUT2D eigenvalue weighted by atomic mass is 9.96. The van der Waals surface area contributed by atoms with Gasteiger partial charge in [0.05, 0.1) is 38.6 Å². The fraction of sp³-hybridized carbons (Fsp3) is 0.916. The molecule has 0 spiro atoms. The van der Waals surface area contributed by atoms with Crippen LogP contribution in [0, 0.1) is 0 Å². The normalized spacial score (nSPS) is 26.3. The van der Waals surface area contributed by atoms with Crippen LogP contribution in [0.2, 0.25) is 0 Å². The predicted octanol–water partition coefficient (Wildman–Crippen LogP) is 14.7. The van der Waals surface area contributed by atoms with E-state index >= 15 is 0 Å². The zero-order chi connectivity index (χ0) is 73.9. The Morgan fingerprint density at radius 2 is 0.627 bits per heavy atom. The van der Waals surface area contributed by atoms with E-state index in [2.05, 4.69) is 43.5 Å². The minimum Gasteiger partial charge on any atom is -0.394 e. The Balaban J connectivity index is 1.34. The topological polar surface area (TPSA) is 307 Å². The van der Waals surface area contributed by atoms with Gasteiger partial charge >= 0.3 is 0 Å². The number of rotatable bonds is 68. The number of carbonyl (C=O) groups excluding carboxylic acids is 1. The van der Waals surface area contributed by atoms with E-state index in [1.807, 2.05) is 6.08 Å². The van der Waals surface area contributed by atoms with Crippen molar-refractivity contribution in [1.82, 2.24) is 5.32 Å². The van der Waals surface area contributed by atoms with Crippen LogP contribution in [0.3, 0.4) is 0 Å². The lowest BCUT2D eigenvalue weighted by molar-refractivity contribution is -0.379. The van der Waals surface area contributed by atoms with E-state index in [-0.39, 0.29) is 18.9 Å². The lowest BCUT2D eigenvalue weighted by Gasteiger charge is -2.48. The maximum Gasteiger partial charge on any atom is 0.220 e. The smallest absolute Gasteiger partial charge is 0.220 e. The van der Waals surface area contributed by atoms with Gasteiger partial charge in [-0.25, -0.2) is 0 Å². The molecule has 17 unspecified atom stereocenters. The van der Waals surface area contributed by atoms with Crippen molar-refractivity contribution in [3.8, 4) is 0 Å². The van der Waals surface area contributed by atoms with Crippen molar-refractivity contribution < 1.29 is 89.4 Å². The zero-order valence-corrected chi connectivity index (χ0v) is 64.4. The molecule has 0 aliphatic carbocycles. The molecule has 0 saturated carbocycles. The quantitative estimate of drug-likeness (QED) is 0.0199. The SMILES string of the molecule is CCCCCCCCCCCCCC/C=C/CC/C=C/CC/C=C/C(O)C(COC1OC(CO)C(OC2OC(CO)C(OC3OC(CO)C(O)C(O)C3O)C(O)C2O)C(O)C1O)NC(=O)CCCCCCCCCCCCCCCCCCCCCCCCCCCCCCCCCCCCC. The molecule has 3 saturated heterocycles. The highest BCUT2D eigenvalue weighted by Gasteiger charge is 2.54. The van der Waals surface area contributed by atoms with Gasteiger partial charge in [-0.1, -0.05) is 339 Å². The molecule has 3 aliphatic rings. The van der Waals surface area contributed by atoms with Gasteiger partial charge < -0.3 is 89.9 Å². The molecule has 0 bridgehead atoms. The zero-order valence-electron chi connectivity index (χ0n) is 64.4. The number of unbranched alkanes of at least 4 members (excludes halogenated alkanes) is 48. The summed E-state index contributed by atoms with van der Waals surface area (Å²) in [6.07, 6.45) is 53.0. The van der Waals surface area contributed by atoms with Gasteiger partial charge in [0.2, 0.25) is 5.91 Å². The lowest BCUT2D eigenvalue weighted by Crippen LogP contribution is -2.66. The first-order chi connectivity index (χ1) is 49.8. The maximum absolute atomic E-state index is 13.5. The van der Waals surface area contributed by atoms with E-state index in [1.165, 1.54) is 276 Å². The molecule has 3 fully saturated rings. The number of carbonyl (C=O) groups is 1. The third-order valence-electron chi connectivity index (χ3n) is 21.2. The van der Waals surface area contributed by atoms with E-state index in [0.29, 0.717) is 12.8 Å². The van der Waals surface area contributed by atoms with Gasteiger partial charge in [0.25, 0.3) is 0 Å². The van der Waals surface area contributed by atoms with Crippen LogP contribution in [0.4, 0.5) is 0 Å². The summed E-state index contributed by atoms with van der Waals surface area (Å²) in [7, 11) is 0. The Morgan fingerprint density at radius 3 is 0.980 bits per heavy atom. The molecular formula is C83H155NO18. The fourth-order valence-corrected chi connectivity index (χ4v) is 14.4. The number of hydrogen-bond donors (Lipinski definition) is 12. The van der Waals surface area contributed by atoms with Crippen LogP contribution in [0.25, 0.3) is 0 Å². The van der Waals surface area contributed by atoms with Gasteiger partial charge in [0.1, 0.15) is 73.2 Å². The van der Waals surface area contributed by atoms with Gasteiger partial charge in [-0.2, -0.15) is 0 Å². The summed E-state index contributed by atoms with van der Waals surface area (Å²) in [6.45, 7) is 1.76. The third kappa shape index (κ3) is 43.3. The predicted molar refractivity (Wildman–Crippen MR) is 406 cm³/mol. The monoisotopic (exact) mass is 1450 g/mol. The number of amides is 1. The summed E-state index contributed by atoms with van der Waals surface area (Å²) < 4.78 is 34.4. The van der Waals surface area contributed by atoms with Gasteiger partial charge in [-0.15, -0.1) is 0 Å². The highest BCUT2D eigenvalue weighted by molar-refractivity contribution is 5.76. The van der Waals surface area contributed by atoms with Crippen molar-refractivity contribution in [2.24, 2.45) is 0 Å². The molecular weight excluding hydrogens is 1300 g/mol. The summed E-state index contributed by atoms with van der Waals surface area (Å²) >= 11 is 0. The molecule has 0 radical (unpaired) electrons. The van der Waals surface area contributed by atoms with Gasteiger partial charge in [0, 0.05) is 6.42 Å². The molecule has 0 aromatic rings. The van der Waals surface area contributed by atoms with E-state index in [4.69, 9.17) is 28.4 Å². The van der Waals surface area contributed by atoms with E-state index in [9.17, 15) is 61.0 Å². The highest BCUT2D eigenvalue weighted by Crippen LogP contribution is 2.33. The molecule has 600 valence electrons. The first kappa shape index (κ1) is 94.2. The summed E-state index contributed by atoms with van der Waals surface area (Å²) in [6, 6.07) is -0.996. The second-order valence-corrected chi connectivity index (χ2v) is 30.3. The minimum absolute atomic E-state index is 0.236. The second-order valence-electron chi connectivity index (χ2n) is 30.3. The molecule has 3 rings (SSSR count). The van der Waals surface area contributed by atoms with Crippen molar-refractivity contribution >= 4 is 5.91 Å². The molecule has 1 amide bonds. The van der Waals surface area contributed by atoms with E-state index in [0.717, 1.165) is 44.9 Å². The van der Waals surface area contributed by atoms with Crippen molar-refractivity contribution in [3.63, 3.8) is 0 Å². The molecule has 12 N–H and O–H groups in total. The van der Waals surface area contributed by atoms with E-state index in [1.54, 1.807) is 6.08 Å². The Morgan fingerprint density at radius 1 is 0.343 bits per heavy atom. The molecule has 19 heteroatoms. The Labute approximate surface area is 619 Å². The molecule has 17 atom stereocenters. The highest BCUT2D eigenvalue weighted by atomic mass is 16.8. The number of ether oxygens (including phenoxy) is 6. The molecule has 0 aromatic carbocycles. The van der Waals surface area contributed by atoms with Crippen molar-refractivity contribution in [3.05, 3.63) is 36.5 Å². The average Bonchev–Trinajstić information content (AvgIpc) is 0.781. The molecule has 3 heterocycles. The van der Waals surface area contributed by atoms with Crippen molar-refractivity contribution in [2.75, 3.05) is 26.4 Å². The fourth-order valence-electron chi connectivity index (χ4n) is 14.4. The Kier molecular flexibility index (Phi) is 59.0. The summed E-state index contributed by atoms with van der Waals surface area (Å²) in [4.78, 5) is 13.5. The van der Waals surface area contributed by atoms with Crippen LogP contribution in [-0.4, -0.2) is 193 Å². The number of aliphatic hydroxyl groups is 11. The average molecular weight is 1460 g/mol. The van der Waals surface area contributed by atoms with Gasteiger partial charge in [-0.05, 0) is 44.9 Å². The van der Waals surface area contributed by atoms with Crippen LogP contribution in [0.1, 0.15) is 354 Å². The maximum atomic E-state index is 13.5. The molecule has 102 heavy (non-hydrogen) atoms. The number of allylic oxidation sites excluding steroid dienone is 5.